The molecule has 1 rings (SSSR count). The van der Waals surface area contributed by atoms with E-state index in [2.05, 4.69) is 5.32 Å². The molecule has 1 aliphatic rings. The zero-order valence-electron chi connectivity index (χ0n) is 11.4. The molecule has 0 aromatic rings. The molecule has 0 aliphatic heterocycles. The Balaban J connectivity index is 2.38. The maximum absolute atomic E-state index is 12.1. The van der Waals surface area contributed by atoms with Crippen LogP contribution < -0.4 is 11.1 Å². The molecular formula is C14H26N2O2. The van der Waals surface area contributed by atoms with Crippen molar-refractivity contribution in [1.82, 2.24) is 5.32 Å². The first-order valence-electron chi connectivity index (χ1n) is 7.16. The van der Waals surface area contributed by atoms with E-state index in [1.54, 1.807) is 6.92 Å². The van der Waals surface area contributed by atoms with Crippen molar-refractivity contribution in [1.29, 1.82) is 0 Å². The molecule has 1 amide bonds. The zero-order valence-corrected chi connectivity index (χ0v) is 11.4. The number of unbranched alkanes of at least 4 members (excludes halogenated alkanes) is 1. The monoisotopic (exact) mass is 254 g/mol. The van der Waals surface area contributed by atoms with Crippen molar-refractivity contribution >= 4 is 11.7 Å². The topological polar surface area (TPSA) is 72.2 Å². The molecule has 0 aromatic carbocycles. The van der Waals surface area contributed by atoms with Gasteiger partial charge >= 0.3 is 0 Å². The Kier molecular flexibility index (Phi) is 6.94. The van der Waals surface area contributed by atoms with E-state index in [1.807, 2.05) is 0 Å². The molecule has 0 spiro atoms. The van der Waals surface area contributed by atoms with Gasteiger partial charge < -0.3 is 11.1 Å². The first kappa shape index (κ1) is 15.2. The summed E-state index contributed by atoms with van der Waals surface area (Å²) in [4.78, 5) is 23.6. The lowest BCUT2D eigenvalue weighted by Gasteiger charge is -2.23. The van der Waals surface area contributed by atoms with Crippen LogP contribution in [0.3, 0.4) is 0 Å². The van der Waals surface area contributed by atoms with Gasteiger partial charge in [0.2, 0.25) is 5.91 Å². The van der Waals surface area contributed by atoms with Crippen LogP contribution in [0.1, 0.15) is 58.3 Å². The second kappa shape index (κ2) is 8.25. The van der Waals surface area contributed by atoms with Gasteiger partial charge in [0.05, 0.1) is 6.04 Å². The number of carbonyl (C=O) groups excluding carboxylic acids is 2. The van der Waals surface area contributed by atoms with Gasteiger partial charge in [-0.25, -0.2) is 0 Å². The van der Waals surface area contributed by atoms with Crippen LogP contribution >= 0.6 is 0 Å². The van der Waals surface area contributed by atoms with Crippen LogP contribution in [0.5, 0.6) is 0 Å². The Morgan fingerprint density at radius 2 is 1.89 bits per heavy atom. The lowest BCUT2D eigenvalue weighted by Crippen LogP contribution is -2.43. The minimum Gasteiger partial charge on any atom is -0.346 e. The van der Waals surface area contributed by atoms with Crippen molar-refractivity contribution in [2.45, 2.75) is 64.3 Å². The lowest BCUT2D eigenvalue weighted by molar-refractivity contribution is -0.130. The summed E-state index contributed by atoms with van der Waals surface area (Å²) in [6.45, 7) is 2.19. The number of Topliss-reactive ketones (excluding diaryl/α,β-unsaturated/α-hetero) is 1. The number of rotatable bonds is 7. The predicted molar refractivity (Wildman–Crippen MR) is 72.1 cm³/mol. The maximum Gasteiger partial charge on any atom is 0.223 e. The zero-order chi connectivity index (χ0) is 13.4. The fourth-order valence-corrected chi connectivity index (χ4v) is 2.52. The molecule has 1 fully saturated rings. The Morgan fingerprint density at radius 3 is 2.44 bits per heavy atom. The first-order chi connectivity index (χ1) is 8.65. The molecule has 0 bridgehead atoms. The van der Waals surface area contributed by atoms with E-state index in [0.717, 1.165) is 38.5 Å². The van der Waals surface area contributed by atoms with Gasteiger partial charge in [-0.2, -0.15) is 0 Å². The van der Waals surface area contributed by atoms with Crippen molar-refractivity contribution in [3.8, 4) is 0 Å². The standard InChI is InChI=1S/C14H26N2O2/c1-11(17)13(9-5-6-10-15)16-14(18)12-7-3-2-4-8-12/h12-13H,2-10,15H2,1H3,(H,16,18)/t13-/m1/s1. The quantitative estimate of drug-likeness (QED) is 0.680. The summed E-state index contributed by atoms with van der Waals surface area (Å²) < 4.78 is 0. The smallest absolute Gasteiger partial charge is 0.223 e. The summed E-state index contributed by atoms with van der Waals surface area (Å²) in [5, 5.41) is 2.92. The van der Waals surface area contributed by atoms with Gasteiger partial charge in [-0.15, -0.1) is 0 Å². The van der Waals surface area contributed by atoms with Crippen molar-refractivity contribution in [2.75, 3.05) is 6.54 Å². The minimum absolute atomic E-state index is 0.0520. The van der Waals surface area contributed by atoms with E-state index >= 15 is 0 Å². The van der Waals surface area contributed by atoms with Gasteiger partial charge in [0.1, 0.15) is 0 Å². The van der Waals surface area contributed by atoms with Gasteiger partial charge in [-0.05, 0) is 45.6 Å². The second-order valence-corrected chi connectivity index (χ2v) is 5.29. The minimum atomic E-state index is -0.314. The molecule has 104 valence electrons. The molecule has 1 aliphatic carbocycles. The SMILES string of the molecule is CC(=O)[C@@H](CCCCN)NC(=O)C1CCCCC1. The number of amides is 1. The van der Waals surface area contributed by atoms with Crippen LogP contribution in [0.25, 0.3) is 0 Å². The second-order valence-electron chi connectivity index (χ2n) is 5.29. The van der Waals surface area contributed by atoms with E-state index in [1.165, 1.54) is 6.42 Å². The third kappa shape index (κ3) is 5.17. The van der Waals surface area contributed by atoms with E-state index in [4.69, 9.17) is 5.73 Å². The van der Waals surface area contributed by atoms with E-state index in [0.29, 0.717) is 13.0 Å². The van der Waals surface area contributed by atoms with E-state index in [-0.39, 0.29) is 23.7 Å². The van der Waals surface area contributed by atoms with Crippen molar-refractivity contribution < 1.29 is 9.59 Å². The summed E-state index contributed by atoms with van der Waals surface area (Å²) in [5.74, 6) is 0.244. The third-order valence-electron chi connectivity index (χ3n) is 3.73. The molecule has 0 unspecified atom stereocenters. The van der Waals surface area contributed by atoms with E-state index < -0.39 is 0 Å². The van der Waals surface area contributed by atoms with Gasteiger partial charge in [-0.3, -0.25) is 9.59 Å². The number of carbonyl (C=O) groups is 2. The molecule has 0 heterocycles. The largest absolute Gasteiger partial charge is 0.346 e. The highest BCUT2D eigenvalue weighted by Gasteiger charge is 2.24. The highest BCUT2D eigenvalue weighted by molar-refractivity contribution is 5.88. The summed E-state index contributed by atoms with van der Waals surface area (Å²) in [5.41, 5.74) is 5.44. The molecule has 3 N–H and O–H groups in total. The third-order valence-corrected chi connectivity index (χ3v) is 3.73. The van der Waals surface area contributed by atoms with Crippen molar-refractivity contribution in [3.63, 3.8) is 0 Å². The Morgan fingerprint density at radius 1 is 1.22 bits per heavy atom. The van der Waals surface area contributed by atoms with Gasteiger partial charge in [-0.1, -0.05) is 19.3 Å². The molecule has 4 nitrogen and oxygen atoms in total. The van der Waals surface area contributed by atoms with Crippen LogP contribution in [-0.4, -0.2) is 24.3 Å². The molecule has 0 aromatic heterocycles. The predicted octanol–water partition coefficient (Wildman–Crippen LogP) is 1.77. The average molecular weight is 254 g/mol. The molecular weight excluding hydrogens is 228 g/mol. The number of hydrogen-bond acceptors (Lipinski definition) is 3. The molecule has 0 saturated heterocycles. The summed E-state index contributed by atoms with van der Waals surface area (Å²) in [7, 11) is 0. The Labute approximate surface area is 110 Å². The summed E-state index contributed by atoms with van der Waals surface area (Å²) >= 11 is 0. The van der Waals surface area contributed by atoms with Crippen LogP contribution in [-0.2, 0) is 9.59 Å². The van der Waals surface area contributed by atoms with Crippen molar-refractivity contribution in [2.24, 2.45) is 11.7 Å². The van der Waals surface area contributed by atoms with Crippen LogP contribution in [0.2, 0.25) is 0 Å². The fraction of sp³-hybridized carbons (Fsp3) is 0.857. The number of ketones is 1. The Bertz CT molecular complexity index is 273. The normalized spacial score (nSPS) is 18.3. The highest BCUT2D eigenvalue weighted by Crippen LogP contribution is 2.23. The molecule has 1 atom stereocenters. The molecule has 1 saturated carbocycles. The molecule has 0 radical (unpaired) electrons. The molecule has 18 heavy (non-hydrogen) atoms. The lowest BCUT2D eigenvalue weighted by atomic mass is 9.88. The van der Waals surface area contributed by atoms with Gasteiger partial charge in [0.25, 0.3) is 0 Å². The van der Waals surface area contributed by atoms with Crippen molar-refractivity contribution in [3.05, 3.63) is 0 Å². The average Bonchev–Trinajstić information content (AvgIpc) is 2.38. The highest BCUT2D eigenvalue weighted by atomic mass is 16.2. The van der Waals surface area contributed by atoms with Crippen LogP contribution in [0.15, 0.2) is 0 Å². The maximum atomic E-state index is 12.1. The first-order valence-corrected chi connectivity index (χ1v) is 7.16. The number of nitrogens with two attached hydrogens (primary N) is 1. The number of hydrogen-bond donors (Lipinski definition) is 2. The van der Waals surface area contributed by atoms with Crippen LogP contribution in [0, 0.1) is 5.92 Å². The summed E-state index contributed by atoms with van der Waals surface area (Å²) in [6.07, 6.45) is 7.96. The summed E-state index contributed by atoms with van der Waals surface area (Å²) in [6, 6.07) is -0.314. The van der Waals surface area contributed by atoms with Gasteiger partial charge in [0, 0.05) is 5.92 Å². The van der Waals surface area contributed by atoms with Gasteiger partial charge in [0.15, 0.2) is 5.78 Å². The van der Waals surface area contributed by atoms with Crippen LogP contribution in [0.4, 0.5) is 0 Å². The Hall–Kier alpha value is -0.900. The van der Waals surface area contributed by atoms with E-state index in [9.17, 15) is 9.59 Å². The molecule has 4 heteroatoms. The number of nitrogens with one attached hydrogen (secondary N) is 1. The fourth-order valence-electron chi connectivity index (χ4n) is 2.52.